The molecule has 0 spiro atoms. The fraction of sp³-hybridized carbons (Fsp3) is 0.200. The van der Waals surface area contributed by atoms with Gasteiger partial charge in [0.25, 0.3) is 0 Å². The maximum absolute atomic E-state index is 14.0. The lowest BCUT2D eigenvalue weighted by molar-refractivity contribution is 0.528. The third-order valence-electron chi connectivity index (χ3n) is 2.50. The average molecular weight is 300 g/mol. The summed E-state index contributed by atoms with van der Waals surface area (Å²) >= 11 is 3.14. The molecule has 0 saturated heterocycles. The molecule has 5 nitrogen and oxygen atoms in total. The fourth-order valence-electron chi connectivity index (χ4n) is 1.64. The third kappa shape index (κ3) is 2.21. The minimum Gasteiger partial charge on any atom is -0.271 e. The van der Waals surface area contributed by atoms with Gasteiger partial charge in [0.05, 0.1) is 22.4 Å². The van der Waals surface area contributed by atoms with Crippen LogP contribution in [0.15, 0.2) is 28.9 Å². The second-order valence-corrected chi connectivity index (χ2v) is 4.38. The number of nitrogens with two attached hydrogens (primary N) is 1. The monoisotopic (exact) mass is 299 g/mol. The largest absolute Gasteiger partial charge is 0.271 e. The molecule has 1 aromatic heterocycles. The molecule has 1 atom stereocenters. The first-order valence-corrected chi connectivity index (χ1v) is 5.69. The van der Waals surface area contributed by atoms with Crippen molar-refractivity contribution in [3.05, 3.63) is 45.9 Å². The van der Waals surface area contributed by atoms with Crippen molar-refractivity contribution in [1.29, 1.82) is 0 Å². The van der Waals surface area contributed by atoms with E-state index in [1.165, 1.54) is 0 Å². The Kier molecular flexibility index (Phi) is 3.51. The summed E-state index contributed by atoms with van der Waals surface area (Å²) in [7, 11) is 1.72. The molecule has 0 bridgehead atoms. The second kappa shape index (κ2) is 4.91. The van der Waals surface area contributed by atoms with E-state index in [-0.39, 0.29) is 5.82 Å². The summed E-state index contributed by atoms with van der Waals surface area (Å²) in [6.07, 6.45) is 1.55. The van der Waals surface area contributed by atoms with Gasteiger partial charge >= 0.3 is 0 Å². The van der Waals surface area contributed by atoms with Crippen molar-refractivity contribution < 1.29 is 4.39 Å². The van der Waals surface area contributed by atoms with Gasteiger partial charge in [0, 0.05) is 12.6 Å². The van der Waals surface area contributed by atoms with Crippen molar-refractivity contribution in [3.8, 4) is 0 Å². The predicted molar refractivity (Wildman–Crippen MR) is 64.3 cm³/mol. The standard InChI is InChI=1S/C10H11BrFN5/c1-17-8(5-14-16-17)10(15-13)6-3-2-4-7(11)9(6)12/h2-5,10,15H,13H2,1H3. The van der Waals surface area contributed by atoms with Crippen LogP contribution in [0.1, 0.15) is 17.3 Å². The molecule has 2 aromatic rings. The van der Waals surface area contributed by atoms with Gasteiger partial charge in [0.15, 0.2) is 0 Å². The van der Waals surface area contributed by atoms with E-state index in [2.05, 4.69) is 31.7 Å². The molecular weight excluding hydrogens is 289 g/mol. The van der Waals surface area contributed by atoms with Gasteiger partial charge in [0.1, 0.15) is 5.82 Å². The van der Waals surface area contributed by atoms with E-state index in [4.69, 9.17) is 5.84 Å². The van der Waals surface area contributed by atoms with Crippen LogP contribution < -0.4 is 11.3 Å². The van der Waals surface area contributed by atoms with Gasteiger partial charge in [-0.1, -0.05) is 17.3 Å². The Bertz CT molecular complexity index is 527. The Morgan fingerprint density at radius 1 is 1.53 bits per heavy atom. The van der Waals surface area contributed by atoms with Gasteiger partial charge in [-0.25, -0.2) is 9.82 Å². The number of rotatable bonds is 3. The number of aryl methyl sites for hydroxylation is 1. The predicted octanol–water partition coefficient (Wildman–Crippen LogP) is 1.27. The Morgan fingerprint density at radius 3 is 2.88 bits per heavy atom. The molecule has 0 aliphatic carbocycles. The first-order chi connectivity index (χ1) is 8.15. The van der Waals surface area contributed by atoms with E-state index >= 15 is 0 Å². The summed E-state index contributed by atoms with van der Waals surface area (Å²) in [4.78, 5) is 0. The van der Waals surface area contributed by atoms with Gasteiger partial charge in [-0.15, -0.1) is 5.10 Å². The Morgan fingerprint density at radius 2 is 2.29 bits per heavy atom. The summed E-state index contributed by atoms with van der Waals surface area (Å²) < 4.78 is 15.9. The smallest absolute Gasteiger partial charge is 0.142 e. The molecule has 3 N–H and O–H groups in total. The molecule has 90 valence electrons. The normalized spacial score (nSPS) is 12.7. The maximum Gasteiger partial charge on any atom is 0.142 e. The van der Waals surface area contributed by atoms with Crippen LogP contribution >= 0.6 is 15.9 Å². The lowest BCUT2D eigenvalue weighted by Crippen LogP contribution is -2.31. The van der Waals surface area contributed by atoms with E-state index < -0.39 is 6.04 Å². The molecule has 2 rings (SSSR count). The molecule has 0 amide bonds. The summed E-state index contributed by atoms with van der Waals surface area (Å²) in [5.41, 5.74) is 3.69. The number of benzene rings is 1. The van der Waals surface area contributed by atoms with E-state index in [0.717, 1.165) is 0 Å². The van der Waals surface area contributed by atoms with Crippen molar-refractivity contribution in [1.82, 2.24) is 20.4 Å². The summed E-state index contributed by atoms with van der Waals surface area (Å²) in [5, 5.41) is 7.55. The lowest BCUT2D eigenvalue weighted by Gasteiger charge is -2.17. The minimum absolute atomic E-state index is 0.350. The zero-order valence-corrected chi connectivity index (χ0v) is 10.6. The van der Waals surface area contributed by atoms with Gasteiger partial charge in [-0.2, -0.15) is 0 Å². The van der Waals surface area contributed by atoms with Crippen molar-refractivity contribution in [2.75, 3.05) is 0 Å². The van der Waals surface area contributed by atoms with Gasteiger partial charge < -0.3 is 0 Å². The number of nitrogens with one attached hydrogen (secondary N) is 1. The van der Waals surface area contributed by atoms with Crippen molar-refractivity contribution in [2.45, 2.75) is 6.04 Å². The maximum atomic E-state index is 14.0. The van der Waals surface area contributed by atoms with E-state index in [0.29, 0.717) is 15.7 Å². The number of hydrogen-bond donors (Lipinski definition) is 2. The van der Waals surface area contributed by atoms with Crippen molar-refractivity contribution in [2.24, 2.45) is 12.9 Å². The molecule has 1 heterocycles. The van der Waals surface area contributed by atoms with Crippen LogP contribution in [0.25, 0.3) is 0 Å². The summed E-state index contributed by atoms with van der Waals surface area (Å²) in [5.74, 6) is 5.13. The molecule has 0 aliphatic rings. The van der Waals surface area contributed by atoms with Crippen molar-refractivity contribution >= 4 is 15.9 Å². The number of halogens is 2. The first kappa shape index (κ1) is 12.2. The fourth-order valence-corrected chi connectivity index (χ4v) is 2.02. The van der Waals surface area contributed by atoms with Crippen LogP contribution in [0.2, 0.25) is 0 Å². The average Bonchev–Trinajstić information content (AvgIpc) is 2.72. The van der Waals surface area contributed by atoms with Gasteiger partial charge in [-0.3, -0.25) is 10.5 Å². The zero-order valence-electron chi connectivity index (χ0n) is 9.06. The van der Waals surface area contributed by atoms with Crippen LogP contribution in [-0.2, 0) is 7.05 Å². The molecule has 17 heavy (non-hydrogen) atoms. The molecule has 0 aliphatic heterocycles. The van der Waals surface area contributed by atoms with Gasteiger partial charge in [-0.05, 0) is 22.0 Å². The van der Waals surface area contributed by atoms with Crippen LogP contribution in [0, 0.1) is 5.82 Å². The number of nitrogens with zero attached hydrogens (tertiary/aromatic N) is 3. The molecule has 1 unspecified atom stereocenters. The highest BCUT2D eigenvalue weighted by molar-refractivity contribution is 9.10. The van der Waals surface area contributed by atoms with Crippen LogP contribution in [-0.4, -0.2) is 15.0 Å². The van der Waals surface area contributed by atoms with Crippen LogP contribution in [0.3, 0.4) is 0 Å². The van der Waals surface area contributed by atoms with E-state index in [1.807, 2.05) is 0 Å². The topological polar surface area (TPSA) is 68.8 Å². The number of hydrazine groups is 1. The Hall–Kier alpha value is -1.31. The molecule has 0 fully saturated rings. The lowest BCUT2D eigenvalue weighted by atomic mass is 10.0. The Labute approximate surface area is 106 Å². The quantitative estimate of drug-likeness (QED) is 0.661. The number of aromatic nitrogens is 3. The SMILES string of the molecule is Cn1nncc1C(NN)c1cccc(Br)c1F. The first-order valence-electron chi connectivity index (χ1n) is 4.89. The Balaban J connectivity index is 2.50. The second-order valence-electron chi connectivity index (χ2n) is 3.53. The van der Waals surface area contributed by atoms with Crippen LogP contribution in [0.4, 0.5) is 4.39 Å². The van der Waals surface area contributed by atoms with Crippen LogP contribution in [0.5, 0.6) is 0 Å². The van der Waals surface area contributed by atoms with Crippen molar-refractivity contribution in [3.63, 3.8) is 0 Å². The molecule has 0 radical (unpaired) electrons. The highest BCUT2D eigenvalue weighted by atomic mass is 79.9. The highest BCUT2D eigenvalue weighted by Crippen LogP contribution is 2.27. The van der Waals surface area contributed by atoms with Gasteiger partial charge in [0.2, 0.25) is 0 Å². The van der Waals surface area contributed by atoms with E-state index in [9.17, 15) is 4.39 Å². The zero-order chi connectivity index (χ0) is 12.4. The highest BCUT2D eigenvalue weighted by Gasteiger charge is 2.21. The molecular formula is C10H11BrFN5. The summed E-state index contributed by atoms with van der Waals surface area (Å²) in [6, 6.07) is 4.55. The third-order valence-corrected chi connectivity index (χ3v) is 3.12. The minimum atomic E-state index is -0.493. The summed E-state index contributed by atoms with van der Waals surface area (Å²) in [6.45, 7) is 0. The molecule has 7 heteroatoms. The molecule has 1 aromatic carbocycles. The number of hydrogen-bond acceptors (Lipinski definition) is 4. The molecule has 0 saturated carbocycles. The van der Waals surface area contributed by atoms with E-state index in [1.54, 1.807) is 36.1 Å².